The number of hydrogen-bond donors (Lipinski definition) is 0. The van der Waals surface area contributed by atoms with Gasteiger partial charge in [-0.15, -0.1) is 0 Å². The van der Waals surface area contributed by atoms with Gasteiger partial charge in [0.15, 0.2) is 0 Å². The van der Waals surface area contributed by atoms with Crippen molar-refractivity contribution in [1.82, 2.24) is 0 Å². The quantitative estimate of drug-likeness (QED) is 0.812. The molecule has 0 aliphatic heterocycles. The van der Waals surface area contributed by atoms with Crippen LogP contribution in [0, 0.1) is 17.5 Å². The Morgan fingerprint density at radius 3 is 2.30 bits per heavy atom. The summed E-state index contributed by atoms with van der Waals surface area (Å²) in [5.74, 6) is -2.15. The van der Waals surface area contributed by atoms with Crippen LogP contribution in [0.3, 0.4) is 0 Å². The van der Waals surface area contributed by atoms with E-state index in [2.05, 4.69) is 15.9 Å². The van der Waals surface area contributed by atoms with Gasteiger partial charge in [0.25, 0.3) is 0 Å². The van der Waals surface area contributed by atoms with E-state index in [0.717, 1.165) is 18.2 Å². The first kappa shape index (κ1) is 14.8. The molecular weight excluding hydrogens is 333 g/mol. The van der Waals surface area contributed by atoms with E-state index in [-0.39, 0.29) is 28.7 Å². The Labute approximate surface area is 122 Å². The van der Waals surface area contributed by atoms with E-state index in [1.165, 1.54) is 12.1 Å². The van der Waals surface area contributed by atoms with Gasteiger partial charge in [-0.2, -0.15) is 0 Å². The highest BCUT2D eigenvalue weighted by Gasteiger charge is 2.11. The smallest absolute Gasteiger partial charge is 0.141 e. The molecule has 2 aromatic rings. The molecule has 0 fully saturated rings. The zero-order chi connectivity index (χ0) is 14.7. The van der Waals surface area contributed by atoms with Crippen molar-refractivity contribution in [3.05, 3.63) is 69.4 Å². The number of carbonyl (C=O) groups excluding carboxylic acids is 1. The standard InChI is InChI=1S/C15H10BrF3O/c16-15-10(2-1-3-14(15)19)7-13(20)6-9-4-11(17)8-12(18)5-9/h1-5,8H,6-7H2. The predicted octanol–water partition coefficient (Wildman–Crippen LogP) is 4.22. The van der Waals surface area contributed by atoms with Crippen LogP contribution < -0.4 is 0 Å². The van der Waals surface area contributed by atoms with Gasteiger partial charge in [-0.1, -0.05) is 12.1 Å². The molecule has 1 nitrogen and oxygen atoms in total. The molecule has 0 aliphatic carbocycles. The molecule has 0 atom stereocenters. The highest BCUT2D eigenvalue weighted by atomic mass is 79.9. The zero-order valence-electron chi connectivity index (χ0n) is 10.3. The molecule has 0 bridgehead atoms. The van der Waals surface area contributed by atoms with Gasteiger partial charge in [-0.05, 0) is 45.3 Å². The highest BCUT2D eigenvalue weighted by Crippen LogP contribution is 2.21. The van der Waals surface area contributed by atoms with Crippen molar-refractivity contribution in [1.29, 1.82) is 0 Å². The third-order valence-electron chi connectivity index (χ3n) is 2.74. The van der Waals surface area contributed by atoms with Crippen molar-refractivity contribution >= 4 is 21.7 Å². The molecule has 0 aromatic heterocycles. The van der Waals surface area contributed by atoms with Crippen molar-refractivity contribution < 1.29 is 18.0 Å². The number of hydrogen-bond acceptors (Lipinski definition) is 1. The van der Waals surface area contributed by atoms with Crippen LogP contribution in [-0.4, -0.2) is 5.78 Å². The largest absolute Gasteiger partial charge is 0.299 e. The van der Waals surface area contributed by atoms with E-state index < -0.39 is 17.5 Å². The average Bonchev–Trinajstić information content (AvgIpc) is 2.33. The molecule has 0 saturated carbocycles. The lowest BCUT2D eigenvalue weighted by molar-refractivity contribution is -0.117. The fourth-order valence-electron chi connectivity index (χ4n) is 1.90. The fraction of sp³-hybridized carbons (Fsp3) is 0.133. The first-order valence-electron chi connectivity index (χ1n) is 5.85. The van der Waals surface area contributed by atoms with Crippen molar-refractivity contribution in [3.63, 3.8) is 0 Å². The maximum Gasteiger partial charge on any atom is 0.141 e. The first-order chi connectivity index (χ1) is 9.45. The minimum atomic E-state index is -0.722. The molecule has 0 radical (unpaired) electrons. The molecule has 0 spiro atoms. The Morgan fingerprint density at radius 1 is 1.00 bits per heavy atom. The summed E-state index contributed by atoms with van der Waals surface area (Å²) < 4.78 is 39.6. The minimum absolute atomic E-state index is 0.00350. The van der Waals surface area contributed by atoms with Crippen LogP contribution in [0.4, 0.5) is 13.2 Å². The fourth-order valence-corrected chi connectivity index (χ4v) is 2.31. The third-order valence-corrected chi connectivity index (χ3v) is 3.63. The van der Waals surface area contributed by atoms with Crippen molar-refractivity contribution in [2.45, 2.75) is 12.8 Å². The van der Waals surface area contributed by atoms with Crippen LogP contribution in [0.1, 0.15) is 11.1 Å². The summed E-state index contributed by atoms with van der Waals surface area (Å²) in [5, 5.41) is 0. The first-order valence-corrected chi connectivity index (χ1v) is 6.64. The Bertz CT molecular complexity index is 635. The van der Waals surface area contributed by atoms with Gasteiger partial charge >= 0.3 is 0 Å². The summed E-state index contributed by atoms with van der Waals surface area (Å²) in [4.78, 5) is 11.9. The van der Waals surface area contributed by atoms with Gasteiger partial charge in [-0.3, -0.25) is 4.79 Å². The summed E-state index contributed by atoms with van der Waals surface area (Å²) in [6.45, 7) is 0. The van der Waals surface area contributed by atoms with Gasteiger partial charge in [0, 0.05) is 18.9 Å². The van der Waals surface area contributed by atoms with Gasteiger partial charge in [-0.25, -0.2) is 13.2 Å². The van der Waals surface area contributed by atoms with Gasteiger partial charge < -0.3 is 0 Å². The number of rotatable bonds is 4. The SMILES string of the molecule is O=C(Cc1cc(F)cc(F)c1)Cc1cccc(F)c1Br. The van der Waals surface area contributed by atoms with E-state index >= 15 is 0 Å². The number of halogens is 4. The minimum Gasteiger partial charge on any atom is -0.299 e. The van der Waals surface area contributed by atoms with Crippen LogP contribution in [0.5, 0.6) is 0 Å². The van der Waals surface area contributed by atoms with Crippen molar-refractivity contribution in [2.75, 3.05) is 0 Å². The average molecular weight is 343 g/mol. The van der Waals surface area contributed by atoms with Crippen LogP contribution >= 0.6 is 15.9 Å². The normalized spacial score (nSPS) is 10.6. The Hall–Kier alpha value is -1.62. The van der Waals surface area contributed by atoms with Gasteiger partial charge in [0.2, 0.25) is 0 Å². The monoisotopic (exact) mass is 342 g/mol. The summed E-state index contributed by atoms with van der Waals surface area (Å²) in [7, 11) is 0. The van der Waals surface area contributed by atoms with Gasteiger partial charge in [0.1, 0.15) is 23.2 Å². The lowest BCUT2D eigenvalue weighted by atomic mass is 10.0. The number of ketones is 1. The van der Waals surface area contributed by atoms with Crippen molar-refractivity contribution in [3.8, 4) is 0 Å². The molecule has 0 N–H and O–H groups in total. The van der Waals surface area contributed by atoms with E-state index in [1.54, 1.807) is 6.07 Å². The van der Waals surface area contributed by atoms with Crippen LogP contribution in [-0.2, 0) is 17.6 Å². The summed E-state index contributed by atoms with van der Waals surface area (Å²) in [6, 6.07) is 7.38. The molecule has 2 rings (SSSR count). The molecule has 0 aliphatic rings. The topological polar surface area (TPSA) is 17.1 Å². The molecule has 0 heterocycles. The summed E-state index contributed by atoms with van der Waals surface area (Å²) >= 11 is 3.07. The molecule has 20 heavy (non-hydrogen) atoms. The number of carbonyl (C=O) groups is 1. The Kier molecular flexibility index (Phi) is 4.60. The second-order valence-corrected chi connectivity index (χ2v) is 5.18. The molecule has 104 valence electrons. The van der Waals surface area contributed by atoms with Gasteiger partial charge in [0.05, 0.1) is 4.47 Å². The second kappa shape index (κ2) is 6.22. The van der Waals surface area contributed by atoms with E-state index in [0.29, 0.717) is 5.56 Å². The molecule has 5 heteroatoms. The van der Waals surface area contributed by atoms with E-state index in [4.69, 9.17) is 0 Å². The number of Topliss-reactive ketones (excluding diaryl/α,β-unsaturated/α-hetero) is 1. The lowest BCUT2D eigenvalue weighted by Crippen LogP contribution is -2.08. The Morgan fingerprint density at radius 2 is 1.65 bits per heavy atom. The van der Waals surface area contributed by atoms with Crippen LogP contribution in [0.25, 0.3) is 0 Å². The molecule has 0 amide bonds. The lowest BCUT2D eigenvalue weighted by Gasteiger charge is -2.05. The number of benzene rings is 2. The maximum absolute atomic E-state index is 13.3. The maximum atomic E-state index is 13.3. The molecular formula is C15H10BrF3O. The molecule has 2 aromatic carbocycles. The molecule has 0 unspecified atom stereocenters. The second-order valence-electron chi connectivity index (χ2n) is 4.38. The zero-order valence-corrected chi connectivity index (χ0v) is 11.9. The van der Waals surface area contributed by atoms with Crippen molar-refractivity contribution in [2.24, 2.45) is 0 Å². The predicted molar refractivity (Wildman–Crippen MR) is 72.9 cm³/mol. The third kappa shape index (κ3) is 3.70. The molecule has 0 saturated heterocycles. The van der Waals surface area contributed by atoms with E-state index in [9.17, 15) is 18.0 Å². The Balaban J connectivity index is 2.11. The summed E-state index contributed by atoms with van der Waals surface area (Å²) in [6.07, 6.45) is -0.103. The van der Waals surface area contributed by atoms with Crippen LogP contribution in [0.2, 0.25) is 0 Å². The summed E-state index contributed by atoms with van der Waals surface area (Å²) in [5.41, 5.74) is 0.770. The van der Waals surface area contributed by atoms with E-state index in [1.807, 2.05) is 0 Å². The van der Waals surface area contributed by atoms with Crippen LogP contribution in [0.15, 0.2) is 40.9 Å². The highest BCUT2D eigenvalue weighted by molar-refractivity contribution is 9.10.